The molecule has 1 amide bonds. The molecule has 1 aromatic rings. The second kappa shape index (κ2) is 8.43. The van der Waals surface area contributed by atoms with E-state index in [1.165, 1.54) is 18.9 Å². The third kappa shape index (κ3) is 5.09. The normalized spacial score (nSPS) is 10.8. The smallest absolute Gasteiger partial charge is 0.250 e. The van der Waals surface area contributed by atoms with Gasteiger partial charge in [-0.1, -0.05) is 23.4 Å². The van der Waals surface area contributed by atoms with Crippen molar-refractivity contribution in [2.75, 3.05) is 25.3 Å². The lowest BCUT2D eigenvalue weighted by Crippen LogP contribution is -2.17. The van der Waals surface area contributed by atoms with Gasteiger partial charge in [-0.2, -0.15) is 5.26 Å². The maximum atomic E-state index is 11.4. The van der Waals surface area contributed by atoms with Crippen LogP contribution in [0.2, 0.25) is 5.02 Å². The first kappa shape index (κ1) is 16.3. The Bertz CT molecular complexity index is 557. The van der Waals surface area contributed by atoms with Gasteiger partial charge in [0, 0.05) is 12.8 Å². The Morgan fingerprint density at radius 3 is 2.95 bits per heavy atom. The Morgan fingerprint density at radius 1 is 1.60 bits per heavy atom. The average molecular weight is 313 g/mol. The Labute approximate surface area is 126 Å². The van der Waals surface area contributed by atoms with Crippen LogP contribution in [-0.4, -0.2) is 31.0 Å². The van der Waals surface area contributed by atoms with Gasteiger partial charge in [0.05, 0.1) is 10.7 Å². The van der Waals surface area contributed by atoms with Gasteiger partial charge in [0.15, 0.2) is 11.4 Å². The van der Waals surface area contributed by atoms with E-state index in [-0.39, 0.29) is 12.5 Å². The van der Waals surface area contributed by atoms with E-state index in [9.17, 15) is 4.79 Å². The minimum Gasteiger partial charge on any atom is -0.375 e. The van der Waals surface area contributed by atoms with Gasteiger partial charge in [-0.05, 0) is 24.5 Å². The summed E-state index contributed by atoms with van der Waals surface area (Å²) in [5, 5.41) is 14.5. The number of nitrogens with zero attached hydrogens (tertiary/aromatic N) is 2. The summed E-state index contributed by atoms with van der Waals surface area (Å²) in [5.74, 6) is -0.273. The first-order valence-corrected chi connectivity index (χ1v) is 7.07. The molecule has 0 spiro atoms. The van der Waals surface area contributed by atoms with E-state index in [1.54, 1.807) is 30.6 Å². The molecule has 1 aromatic carbocycles. The molecule has 0 bridgehead atoms. The zero-order valence-corrected chi connectivity index (χ0v) is 12.5. The fraction of sp³-hybridized carbons (Fsp3) is 0.250. The highest BCUT2D eigenvalue weighted by molar-refractivity contribution is 8.13. The van der Waals surface area contributed by atoms with Gasteiger partial charge >= 0.3 is 0 Å². The van der Waals surface area contributed by atoms with Crippen LogP contribution in [0.3, 0.4) is 0 Å². The van der Waals surface area contributed by atoms with Gasteiger partial charge in [-0.15, -0.1) is 0 Å². The van der Waals surface area contributed by atoms with Gasteiger partial charge in [-0.25, -0.2) is 4.99 Å². The summed E-state index contributed by atoms with van der Waals surface area (Å²) < 4.78 is 4.73. The van der Waals surface area contributed by atoms with Crippen molar-refractivity contribution >= 4 is 45.8 Å². The summed E-state index contributed by atoms with van der Waals surface area (Å²) in [6, 6.07) is 4.89. The highest BCUT2D eigenvalue weighted by Gasteiger charge is 2.06. The lowest BCUT2D eigenvalue weighted by atomic mass is 10.3. The topological polar surface area (TPSA) is 86.5 Å². The zero-order chi connectivity index (χ0) is 15.0. The molecule has 20 heavy (non-hydrogen) atoms. The van der Waals surface area contributed by atoms with Crippen LogP contribution in [0.5, 0.6) is 0 Å². The second-order valence-electron chi connectivity index (χ2n) is 3.51. The fourth-order valence-corrected chi connectivity index (χ4v) is 1.78. The lowest BCUT2D eigenvalue weighted by Gasteiger charge is -2.07. The molecule has 0 radical (unpaired) electrons. The number of halogens is 1. The number of methoxy groups -OCH3 is 1. The number of ether oxygens (including phenoxy) is 1. The van der Waals surface area contributed by atoms with Gasteiger partial charge in [0.25, 0.3) is 0 Å². The summed E-state index contributed by atoms with van der Waals surface area (Å²) in [4.78, 5) is 15.6. The number of anilines is 1. The molecule has 6 nitrogen and oxygen atoms in total. The Morgan fingerprint density at radius 2 is 2.35 bits per heavy atom. The highest BCUT2D eigenvalue weighted by atomic mass is 35.5. The molecular weight excluding hydrogens is 300 g/mol. The summed E-state index contributed by atoms with van der Waals surface area (Å²) in [6.07, 6.45) is 3.57. The molecule has 0 saturated heterocycles. The second-order valence-corrected chi connectivity index (χ2v) is 4.71. The van der Waals surface area contributed by atoms with E-state index >= 15 is 0 Å². The van der Waals surface area contributed by atoms with Crippen molar-refractivity contribution in [3.63, 3.8) is 0 Å². The van der Waals surface area contributed by atoms with E-state index in [2.05, 4.69) is 15.6 Å². The van der Waals surface area contributed by atoms with Crippen molar-refractivity contribution in [3.05, 3.63) is 23.2 Å². The molecule has 8 heteroatoms. The molecule has 0 fully saturated rings. The van der Waals surface area contributed by atoms with E-state index in [1.807, 2.05) is 0 Å². The molecule has 2 N–H and O–H groups in total. The van der Waals surface area contributed by atoms with Gasteiger partial charge in [-0.3, -0.25) is 10.1 Å². The molecule has 0 aromatic heterocycles. The molecule has 0 saturated carbocycles. The van der Waals surface area contributed by atoms with Crippen molar-refractivity contribution in [3.8, 4) is 6.19 Å². The predicted octanol–water partition coefficient (Wildman–Crippen LogP) is 2.35. The van der Waals surface area contributed by atoms with Crippen molar-refractivity contribution in [1.82, 2.24) is 5.32 Å². The maximum Gasteiger partial charge on any atom is 0.250 e. The third-order valence-corrected chi connectivity index (χ3v) is 2.98. The number of carbonyl (C=O) groups excluding carboxylic acids is 1. The highest BCUT2D eigenvalue weighted by Crippen LogP contribution is 2.29. The number of thioether (sulfide) groups is 1. The summed E-state index contributed by atoms with van der Waals surface area (Å²) in [7, 11) is 1.44. The number of hydrogen-bond acceptors (Lipinski definition) is 5. The number of amidine groups is 1. The van der Waals surface area contributed by atoms with Crippen LogP contribution >= 0.6 is 23.4 Å². The summed E-state index contributed by atoms with van der Waals surface area (Å²) in [5.41, 5.74) is 1.00. The molecule has 1 rings (SSSR count). The molecular formula is C12H13ClN4O2S. The Hall–Kier alpha value is -1.75. The quantitative estimate of drug-likeness (QED) is 0.386. The van der Waals surface area contributed by atoms with Gasteiger partial charge in [0.1, 0.15) is 6.61 Å². The van der Waals surface area contributed by atoms with E-state index in [4.69, 9.17) is 21.6 Å². The molecule has 0 aliphatic heterocycles. The molecule has 0 heterocycles. The van der Waals surface area contributed by atoms with Crippen LogP contribution in [0, 0.1) is 11.5 Å². The first-order valence-electron chi connectivity index (χ1n) is 5.46. The minimum absolute atomic E-state index is 0.0344. The number of rotatable bonds is 4. The molecule has 0 unspecified atom stereocenters. The van der Waals surface area contributed by atoms with Gasteiger partial charge < -0.3 is 10.1 Å². The van der Waals surface area contributed by atoms with Crippen LogP contribution in [0.15, 0.2) is 23.2 Å². The minimum atomic E-state index is -0.273. The predicted molar refractivity (Wildman–Crippen MR) is 81.3 cm³/mol. The van der Waals surface area contributed by atoms with Crippen LogP contribution < -0.4 is 10.6 Å². The molecule has 106 valence electrons. The monoisotopic (exact) mass is 312 g/mol. The molecule has 0 aliphatic rings. The number of amides is 1. The number of carbonyl (C=O) groups is 1. The molecule has 0 atom stereocenters. The number of aliphatic imine (C=N–C) groups is 1. The van der Waals surface area contributed by atoms with Crippen LogP contribution in [-0.2, 0) is 9.53 Å². The van der Waals surface area contributed by atoms with Gasteiger partial charge in [0.2, 0.25) is 5.91 Å². The van der Waals surface area contributed by atoms with Crippen molar-refractivity contribution in [1.29, 1.82) is 5.26 Å². The SMILES string of the molecule is COCC(=O)Nc1ccc(Cl)c(N=C(NC#N)SC)c1. The fourth-order valence-electron chi connectivity index (χ4n) is 1.29. The number of hydrogen-bond donors (Lipinski definition) is 2. The Kier molecular flexibility index (Phi) is 6.87. The first-order chi connectivity index (χ1) is 9.60. The number of nitrogens with one attached hydrogen (secondary N) is 2. The zero-order valence-electron chi connectivity index (χ0n) is 10.9. The summed E-state index contributed by atoms with van der Waals surface area (Å²) >= 11 is 7.31. The van der Waals surface area contributed by atoms with Crippen molar-refractivity contribution in [2.45, 2.75) is 0 Å². The van der Waals surface area contributed by atoms with E-state index < -0.39 is 0 Å². The van der Waals surface area contributed by atoms with Crippen LogP contribution in [0.4, 0.5) is 11.4 Å². The van der Waals surface area contributed by atoms with Crippen LogP contribution in [0.25, 0.3) is 0 Å². The third-order valence-electron chi connectivity index (χ3n) is 2.08. The number of nitriles is 1. The summed E-state index contributed by atoms with van der Waals surface area (Å²) in [6.45, 7) is -0.0344. The van der Waals surface area contributed by atoms with Crippen LogP contribution in [0.1, 0.15) is 0 Å². The lowest BCUT2D eigenvalue weighted by molar-refractivity contribution is -0.119. The largest absolute Gasteiger partial charge is 0.375 e. The molecule has 0 aliphatic carbocycles. The standard InChI is InChI=1S/C12H13ClN4O2S/c1-19-6-11(18)16-8-3-4-9(13)10(5-8)17-12(20-2)15-7-14/h3-5H,6H2,1-2H3,(H,15,17)(H,16,18). The number of benzene rings is 1. The van der Waals surface area contributed by atoms with E-state index in [0.717, 1.165) is 0 Å². The van der Waals surface area contributed by atoms with E-state index in [0.29, 0.717) is 21.6 Å². The van der Waals surface area contributed by atoms with Crippen molar-refractivity contribution in [2.24, 2.45) is 4.99 Å². The average Bonchev–Trinajstić information content (AvgIpc) is 2.42. The Balaban J connectivity index is 2.97. The van der Waals surface area contributed by atoms with Crippen molar-refractivity contribution < 1.29 is 9.53 Å². The maximum absolute atomic E-state index is 11.4.